The second-order valence-corrected chi connectivity index (χ2v) is 11.2. The van der Waals surface area contributed by atoms with Crippen LogP contribution in [0.3, 0.4) is 0 Å². The molecule has 0 aliphatic heterocycles. The molecular weight excluding hydrogens is 616 g/mol. The summed E-state index contributed by atoms with van der Waals surface area (Å²) in [5.74, 6) is 1.02. The highest BCUT2D eigenvalue weighted by Gasteiger charge is 2.23. The van der Waals surface area contributed by atoms with Gasteiger partial charge in [0, 0.05) is 25.6 Å². The minimum Gasteiger partial charge on any atom is -0.493 e. The number of hydrogen-bond donors (Lipinski definition) is 1. The molecule has 0 spiro atoms. The Morgan fingerprint density at radius 3 is 2.50 bits per heavy atom. The van der Waals surface area contributed by atoms with Gasteiger partial charge in [-0.15, -0.1) is 0 Å². The average molecular weight is 642 g/mol. The Morgan fingerprint density at radius 1 is 1.08 bits per heavy atom. The van der Waals surface area contributed by atoms with E-state index in [0.717, 1.165) is 4.47 Å². The number of para-hydroxylation sites is 1. The Balaban J connectivity index is 1.63. The Kier molecular flexibility index (Phi) is 8.32. The van der Waals surface area contributed by atoms with Gasteiger partial charge in [0.25, 0.3) is 11.5 Å². The first-order valence-electron chi connectivity index (χ1n) is 11.7. The number of fused-ring (bicyclic) bond motifs is 1. The predicted molar refractivity (Wildman–Crippen MR) is 157 cm³/mol. The average Bonchev–Trinajstić information content (AvgIpc) is 2.88. The number of carbonyl (C=O) groups is 1. The molecule has 4 aromatic rings. The van der Waals surface area contributed by atoms with Gasteiger partial charge in [-0.05, 0) is 58.4 Å². The van der Waals surface area contributed by atoms with Gasteiger partial charge in [0.1, 0.15) is 5.82 Å². The van der Waals surface area contributed by atoms with E-state index < -0.39 is 5.41 Å². The van der Waals surface area contributed by atoms with E-state index >= 15 is 0 Å². The molecular formula is C28H26Br2N4O4. The van der Waals surface area contributed by atoms with Crippen LogP contribution in [0.1, 0.15) is 32.2 Å². The van der Waals surface area contributed by atoms with E-state index in [9.17, 15) is 9.59 Å². The number of amides is 1. The molecule has 38 heavy (non-hydrogen) atoms. The molecule has 4 rings (SSSR count). The number of anilines is 1. The molecule has 1 heterocycles. The normalized spacial score (nSPS) is 11.6. The summed E-state index contributed by atoms with van der Waals surface area (Å²) < 4.78 is 14.0. The Bertz CT molecular complexity index is 1580. The van der Waals surface area contributed by atoms with Crippen LogP contribution >= 0.6 is 31.9 Å². The zero-order valence-corrected chi connectivity index (χ0v) is 24.5. The Morgan fingerprint density at radius 2 is 1.82 bits per heavy atom. The van der Waals surface area contributed by atoms with Crippen molar-refractivity contribution in [2.24, 2.45) is 5.10 Å². The second kappa shape index (κ2) is 11.5. The number of rotatable bonds is 7. The first kappa shape index (κ1) is 27.5. The molecule has 0 radical (unpaired) electrons. The van der Waals surface area contributed by atoms with Crippen LogP contribution < -0.4 is 20.3 Å². The largest absolute Gasteiger partial charge is 0.493 e. The fraction of sp³-hybridized carbons (Fsp3) is 0.214. The Hall–Kier alpha value is -3.50. The van der Waals surface area contributed by atoms with Gasteiger partial charge in [-0.1, -0.05) is 54.9 Å². The van der Waals surface area contributed by atoms with Gasteiger partial charge in [0.15, 0.2) is 18.1 Å². The highest BCUT2D eigenvalue weighted by Crippen LogP contribution is 2.33. The van der Waals surface area contributed by atoms with E-state index in [1.54, 1.807) is 36.5 Å². The number of nitrogens with zero attached hydrogens (tertiary/aromatic N) is 3. The molecule has 0 aliphatic carbocycles. The molecule has 0 aliphatic rings. The highest BCUT2D eigenvalue weighted by molar-refractivity contribution is 9.10. The lowest BCUT2D eigenvalue weighted by Gasteiger charge is -2.21. The third kappa shape index (κ3) is 6.31. The minimum absolute atomic E-state index is 0.201. The molecule has 196 valence electrons. The predicted octanol–water partition coefficient (Wildman–Crippen LogP) is 6.13. The number of halogens is 2. The van der Waals surface area contributed by atoms with Crippen molar-refractivity contribution in [1.82, 2.24) is 9.66 Å². The maximum absolute atomic E-state index is 13.4. The molecule has 1 amide bonds. The lowest BCUT2D eigenvalue weighted by molar-refractivity contribution is -0.118. The molecule has 8 nitrogen and oxygen atoms in total. The summed E-state index contributed by atoms with van der Waals surface area (Å²) in [6, 6.07) is 17.9. The van der Waals surface area contributed by atoms with E-state index in [0.29, 0.717) is 43.9 Å². The maximum Gasteiger partial charge on any atom is 0.282 e. The lowest BCUT2D eigenvalue weighted by Crippen LogP contribution is -2.29. The first-order chi connectivity index (χ1) is 18.1. The van der Waals surface area contributed by atoms with Crippen LogP contribution in [0.2, 0.25) is 0 Å². The van der Waals surface area contributed by atoms with Crippen molar-refractivity contribution in [3.63, 3.8) is 0 Å². The number of carbonyl (C=O) groups excluding carboxylic acids is 1. The third-order valence-corrected chi connectivity index (χ3v) is 6.67. The zero-order chi connectivity index (χ0) is 27.4. The number of nitrogens with one attached hydrogen (secondary N) is 1. The second-order valence-electron chi connectivity index (χ2n) is 9.44. The van der Waals surface area contributed by atoms with Crippen molar-refractivity contribution >= 4 is 60.6 Å². The van der Waals surface area contributed by atoms with Crippen LogP contribution in [0.25, 0.3) is 10.9 Å². The van der Waals surface area contributed by atoms with Crippen molar-refractivity contribution in [3.8, 4) is 11.5 Å². The number of aromatic nitrogens is 2. The number of hydrogen-bond acceptors (Lipinski definition) is 6. The zero-order valence-electron chi connectivity index (χ0n) is 21.3. The molecule has 3 aromatic carbocycles. The van der Waals surface area contributed by atoms with Crippen molar-refractivity contribution in [2.45, 2.75) is 26.2 Å². The molecule has 10 heteroatoms. The summed E-state index contributed by atoms with van der Waals surface area (Å²) >= 11 is 6.96. The van der Waals surface area contributed by atoms with E-state index in [4.69, 9.17) is 14.5 Å². The summed E-state index contributed by atoms with van der Waals surface area (Å²) in [5, 5.41) is 7.75. The SMILES string of the molecule is COc1cc(C=Nn2c(C(C)(C)C)nc3ccc(Br)cc3c2=O)c(Br)cc1OCC(=O)Nc1ccccc1. The third-order valence-electron chi connectivity index (χ3n) is 5.49. The van der Waals surface area contributed by atoms with Gasteiger partial charge < -0.3 is 14.8 Å². The summed E-state index contributed by atoms with van der Waals surface area (Å²) in [7, 11) is 1.51. The quantitative estimate of drug-likeness (QED) is 0.245. The molecule has 1 aromatic heterocycles. The molecule has 0 fully saturated rings. The fourth-order valence-corrected chi connectivity index (χ4v) is 4.43. The van der Waals surface area contributed by atoms with E-state index in [1.807, 2.05) is 51.1 Å². The Labute approximate surface area is 236 Å². The first-order valence-corrected chi connectivity index (χ1v) is 13.3. The van der Waals surface area contributed by atoms with Crippen LogP contribution in [-0.2, 0) is 10.2 Å². The molecule has 1 N–H and O–H groups in total. The number of ether oxygens (including phenoxy) is 2. The number of methoxy groups -OCH3 is 1. The van der Waals surface area contributed by atoms with Crippen LogP contribution in [0.5, 0.6) is 11.5 Å². The van der Waals surface area contributed by atoms with Gasteiger partial charge in [0.2, 0.25) is 0 Å². The van der Waals surface area contributed by atoms with Crippen molar-refractivity contribution in [3.05, 3.63) is 91.4 Å². The fourth-order valence-electron chi connectivity index (χ4n) is 3.65. The van der Waals surface area contributed by atoms with Gasteiger partial charge in [-0.2, -0.15) is 9.78 Å². The van der Waals surface area contributed by atoms with E-state index in [-0.39, 0.29) is 18.1 Å². The van der Waals surface area contributed by atoms with Gasteiger partial charge in [-0.25, -0.2) is 4.98 Å². The number of benzene rings is 3. The molecule has 0 bridgehead atoms. The van der Waals surface area contributed by atoms with Gasteiger partial charge >= 0.3 is 0 Å². The molecule has 0 saturated carbocycles. The summed E-state index contributed by atoms with van der Waals surface area (Å²) in [6.45, 7) is 5.73. The lowest BCUT2D eigenvalue weighted by atomic mass is 9.95. The minimum atomic E-state index is -0.440. The van der Waals surface area contributed by atoms with Gasteiger partial charge in [0.05, 0.1) is 24.2 Å². The van der Waals surface area contributed by atoms with Crippen molar-refractivity contribution in [1.29, 1.82) is 0 Å². The maximum atomic E-state index is 13.4. The molecule has 0 atom stereocenters. The topological polar surface area (TPSA) is 94.8 Å². The van der Waals surface area contributed by atoms with Crippen LogP contribution in [0.4, 0.5) is 5.69 Å². The van der Waals surface area contributed by atoms with Crippen LogP contribution in [0.15, 0.2) is 79.5 Å². The van der Waals surface area contributed by atoms with Gasteiger partial charge in [-0.3, -0.25) is 9.59 Å². The van der Waals surface area contributed by atoms with E-state index in [1.165, 1.54) is 11.8 Å². The van der Waals surface area contributed by atoms with Crippen molar-refractivity contribution < 1.29 is 14.3 Å². The summed E-state index contributed by atoms with van der Waals surface area (Å²) in [4.78, 5) is 30.4. The summed E-state index contributed by atoms with van der Waals surface area (Å²) in [5.41, 5.74) is 1.22. The molecule has 0 unspecified atom stereocenters. The molecule has 0 saturated heterocycles. The van der Waals surface area contributed by atoms with E-state index in [2.05, 4.69) is 42.3 Å². The standard InChI is InChI=1S/C28H26Br2N4O4/c1-28(2,3)27-33-22-11-10-18(29)13-20(22)26(36)34(27)31-15-17-12-23(37-4)24(14-21(17)30)38-16-25(35)32-19-8-6-5-7-9-19/h5-15H,16H2,1-4H3,(H,32,35). The van der Waals surface area contributed by atoms with Crippen molar-refractivity contribution in [2.75, 3.05) is 19.0 Å². The highest BCUT2D eigenvalue weighted by atomic mass is 79.9. The smallest absolute Gasteiger partial charge is 0.282 e. The summed E-state index contributed by atoms with van der Waals surface area (Å²) in [6.07, 6.45) is 1.56. The van der Waals surface area contributed by atoms with Crippen LogP contribution in [0, 0.1) is 0 Å². The van der Waals surface area contributed by atoms with Crippen LogP contribution in [-0.4, -0.2) is 35.5 Å². The monoisotopic (exact) mass is 640 g/mol.